The minimum atomic E-state index is -0.912. The summed E-state index contributed by atoms with van der Waals surface area (Å²) >= 11 is 0. The lowest BCUT2D eigenvalue weighted by atomic mass is 10.1. The van der Waals surface area contributed by atoms with Crippen molar-refractivity contribution in [3.8, 4) is 0 Å². The summed E-state index contributed by atoms with van der Waals surface area (Å²) in [5.74, 6) is -0.685. The molecule has 3 N–H and O–H groups in total. The predicted octanol–water partition coefficient (Wildman–Crippen LogP) is 2.15. The molecule has 0 fully saturated rings. The molecule has 1 heterocycles. The van der Waals surface area contributed by atoms with Crippen LogP contribution in [-0.2, 0) is 4.74 Å². The number of benzene rings is 2. The molecule has 0 spiro atoms. The average molecular weight is 398 g/mol. The summed E-state index contributed by atoms with van der Waals surface area (Å²) in [7, 11) is 0. The van der Waals surface area contributed by atoms with Crippen molar-refractivity contribution in [1.82, 2.24) is 9.97 Å². The molecule has 3 aromatic rings. The molecule has 0 unspecified atom stereocenters. The van der Waals surface area contributed by atoms with E-state index in [1.807, 2.05) is 0 Å². The minimum absolute atomic E-state index is 0.0670. The minimum Gasteiger partial charge on any atom is -0.451 e. The van der Waals surface area contributed by atoms with Gasteiger partial charge in [0.2, 0.25) is 0 Å². The zero-order chi connectivity index (χ0) is 21.0. The van der Waals surface area contributed by atoms with E-state index in [-0.39, 0.29) is 41.5 Å². The van der Waals surface area contributed by atoms with Gasteiger partial charge in [-0.15, -0.1) is 0 Å². The smallest absolute Gasteiger partial charge is 0.341 e. The van der Waals surface area contributed by atoms with Crippen molar-refractivity contribution >= 4 is 28.2 Å². The highest BCUT2D eigenvalue weighted by Crippen LogP contribution is 2.25. The monoisotopic (exact) mass is 398 g/mol. The number of hydrogen-bond acceptors (Lipinski definition) is 8. The summed E-state index contributed by atoms with van der Waals surface area (Å²) < 4.78 is 5.39. The van der Waals surface area contributed by atoms with Gasteiger partial charge >= 0.3 is 5.97 Å². The number of aromatic nitrogens is 2. The van der Waals surface area contributed by atoms with Gasteiger partial charge in [-0.2, -0.15) is 0 Å². The fraction of sp³-hybridized carbons (Fsp3) is 0.211. The highest BCUT2D eigenvalue weighted by molar-refractivity contribution is 5.96. The van der Waals surface area contributed by atoms with Gasteiger partial charge in [-0.25, -0.2) is 9.78 Å². The number of aliphatic hydroxyl groups is 1. The van der Waals surface area contributed by atoms with Crippen LogP contribution in [0.5, 0.6) is 0 Å². The third-order valence-corrected chi connectivity index (χ3v) is 4.16. The van der Waals surface area contributed by atoms with Crippen LogP contribution < -0.4 is 10.9 Å². The van der Waals surface area contributed by atoms with Crippen LogP contribution in [0.4, 0.5) is 11.4 Å². The Morgan fingerprint density at radius 1 is 1.34 bits per heavy atom. The number of para-hydroxylation sites is 1. The van der Waals surface area contributed by atoms with Gasteiger partial charge in [0, 0.05) is 24.4 Å². The number of nitro groups is 1. The SMILES string of the molecule is C[C@@H](OC(=O)c1cc([N+](=O)[O-])ccc1NCCO)c1nc2ccccc2c(=O)[nH]1. The molecule has 0 radical (unpaired) electrons. The third kappa shape index (κ3) is 4.38. The Balaban J connectivity index is 1.90. The van der Waals surface area contributed by atoms with Crippen molar-refractivity contribution in [3.05, 3.63) is 74.3 Å². The zero-order valence-electron chi connectivity index (χ0n) is 15.4. The van der Waals surface area contributed by atoms with E-state index in [1.54, 1.807) is 24.3 Å². The molecule has 2 aromatic carbocycles. The number of carbonyl (C=O) groups excluding carboxylic acids is 1. The lowest BCUT2D eigenvalue weighted by Crippen LogP contribution is -2.18. The highest BCUT2D eigenvalue weighted by atomic mass is 16.6. The Labute approximate surface area is 164 Å². The van der Waals surface area contributed by atoms with E-state index in [2.05, 4.69) is 15.3 Å². The number of fused-ring (bicyclic) bond motifs is 1. The second-order valence-corrected chi connectivity index (χ2v) is 6.15. The van der Waals surface area contributed by atoms with E-state index in [9.17, 15) is 19.7 Å². The van der Waals surface area contributed by atoms with Crippen LogP contribution in [0.3, 0.4) is 0 Å². The van der Waals surface area contributed by atoms with Crippen LogP contribution in [0.1, 0.15) is 29.2 Å². The van der Waals surface area contributed by atoms with Gasteiger partial charge in [0.05, 0.1) is 28.0 Å². The van der Waals surface area contributed by atoms with E-state index in [0.717, 1.165) is 6.07 Å². The first-order chi connectivity index (χ1) is 13.9. The number of hydrogen-bond donors (Lipinski definition) is 3. The van der Waals surface area contributed by atoms with Gasteiger partial charge in [0.25, 0.3) is 11.2 Å². The molecule has 0 saturated carbocycles. The summed E-state index contributed by atoms with van der Waals surface area (Å²) in [5.41, 5.74) is 0.0183. The standard InChI is InChI=1S/C19H18N4O6/c1-11(17-21-16-5-3-2-4-13(16)18(25)22-17)29-19(26)14-10-12(23(27)28)6-7-15(14)20-8-9-24/h2-7,10-11,20,24H,8-9H2,1H3,(H,21,22,25)/t11-/m1/s1. The van der Waals surface area contributed by atoms with E-state index in [0.29, 0.717) is 10.9 Å². The van der Waals surface area contributed by atoms with Crippen molar-refractivity contribution in [2.75, 3.05) is 18.5 Å². The number of aliphatic hydroxyl groups excluding tert-OH is 1. The number of ether oxygens (including phenoxy) is 1. The van der Waals surface area contributed by atoms with Gasteiger partial charge in [0.15, 0.2) is 11.9 Å². The molecule has 150 valence electrons. The molecular formula is C19H18N4O6. The number of H-pyrrole nitrogens is 1. The van der Waals surface area contributed by atoms with Crippen LogP contribution in [0.2, 0.25) is 0 Å². The summed E-state index contributed by atoms with van der Waals surface area (Å²) in [4.78, 5) is 42.2. The first-order valence-corrected chi connectivity index (χ1v) is 8.74. The van der Waals surface area contributed by atoms with Crippen LogP contribution in [0.25, 0.3) is 10.9 Å². The van der Waals surface area contributed by atoms with Crippen molar-refractivity contribution < 1.29 is 19.6 Å². The number of aromatic amines is 1. The second-order valence-electron chi connectivity index (χ2n) is 6.15. The maximum atomic E-state index is 12.7. The predicted molar refractivity (Wildman–Crippen MR) is 105 cm³/mol. The van der Waals surface area contributed by atoms with Gasteiger partial charge in [-0.1, -0.05) is 12.1 Å². The summed E-state index contributed by atoms with van der Waals surface area (Å²) in [6.07, 6.45) is -0.912. The molecule has 29 heavy (non-hydrogen) atoms. The second kappa shape index (κ2) is 8.48. The van der Waals surface area contributed by atoms with Crippen molar-refractivity contribution in [3.63, 3.8) is 0 Å². The first-order valence-electron chi connectivity index (χ1n) is 8.74. The molecule has 0 aliphatic carbocycles. The lowest BCUT2D eigenvalue weighted by molar-refractivity contribution is -0.384. The van der Waals surface area contributed by atoms with E-state index in [1.165, 1.54) is 19.1 Å². The molecular weight excluding hydrogens is 380 g/mol. The highest BCUT2D eigenvalue weighted by Gasteiger charge is 2.22. The van der Waals surface area contributed by atoms with Crippen LogP contribution in [0, 0.1) is 10.1 Å². The number of nitrogens with zero attached hydrogens (tertiary/aromatic N) is 2. The van der Waals surface area contributed by atoms with Crippen molar-refractivity contribution in [1.29, 1.82) is 0 Å². The normalized spacial score (nSPS) is 11.8. The number of non-ortho nitro benzene ring substituents is 1. The number of carbonyl (C=O) groups is 1. The molecule has 0 amide bonds. The van der Waals surface area contributed by atoms with E-state index in [4.69, 9.17) is 9.84 Å². The Bertz CT molecular complexity index is 1130. The maximum absolute atomic E-state index is 12.7. The van der Waals surface area contributed by atoms with Gasteiger partial charge in [0.1, 0.15) is 0 Å². The maximum Gasteiger partial charge on any atom is 0.341 e. The Kier molecular flexibility index (Phi) is 5.84. The largest absolute Gasteiger partial charge is 0.451 e. The average Bonchev–Trinajstić information content (AvgIpc) is 2.71. The van der Waals surface area contributed by atoms with E-state index < -0.39 is 17.0 Å². The Morgan fingerprint density at radius 3 is 2.83 bits per heavy atom. The van der Waals surface area contributed by atoms with Gasteiger partial charge in [-0.05, 0) is 25.1 Å². The van der Waals surface area contributed by atoms with Gasteiger partial charge < -0.3 is 20.1 Å². The van der Waals surface area contributed by atoms with Crippen LogP contribution in [0.15, 0.2) is 47.3 Å². The topological polar surface area (TPSA) is 147 Å². The molecule has 0 saturated heterocycles. The van der Waals surface area contributed by atoms with Crippen molar-refractivity contribution in [2.24, 2.45) is 0 Å². The molecule has 0 aliphatic rings. The molecule has 1 aromatic heterocycles. The molecule has 1 atom stereocenters. The molecule has 10 nitrogen and oxygen atoms in total. The number of rotatable bonds is 7. The number of esters is 1. The molecule has 0 bridgehead atoms. The summed E-state index contributed by atoms with van der Waals surface area (Å²) in [6, 6.07) is 10.4. The van der Waals surface area contributed by atoms with E-state index >= 15 is 0 Å². The van der Waals surface area contributed by atoms with Crippen LogP contribution in [-0.4, -0.2) is 39.1 Å². The zero-order valence-corrected chi connectivity index (χ0v) is 15.4. The molecule has 0 aliphatic heterocycles. The fourth-order valence-electron chi connectivity index (χ4n) is 2.74. The molecule has 3 rings (SSSR count). The lowest BCUT2D eigenvalue weighted by Gasteiger charge is -2.15. The molecule has 10 heteroatoms. The summed E-state index contributed by atoms with van der Waals surface area (Å²) in [6.45, 7) is 1.49. The number of anilines is 1. The fourth-order valence-corrected chi connectivity index (χ4v) is 2.74. The summed E-state index contributed by atoms with van der Waals surface area (Å²) in [5, 5.41) is 23.2. The third-order valence-electron chi connectivity index (χ3n) is 4.16. The van der Waals surface area contributed by atoms with Crippen molar-refractivity contribution in [2.45, 2.75) is 13.0 Å². The number of nitrogens with one attached hydrogen (secondary N) is 2. The van der Waals surface area contributed by atoms with Gasteiger partial charge in [-0.3, -0.25) is 14.9 Å². The Hall–Kier alpha value is -3.79. The quantitative estimate of drug-likeness (QED) is 0.311. The van der Waals surface area contributed by atoms with Crippen LogP contribution >= 0.6 is 0 Å². The number of nitro benzene ring substituents is 1. The first kappa shape index (κ1) is 20.0. The Morgan fingerprint density at radius 2 is 2.10 bits per heavy atom.